The molecule has 23 heavy (non-hydrogen) atoms. The number of rotatable bonds is 5. The van der Waals surface area contributed by atoms with Crippen LogP contribution in [-0.2, 0) is 11.2 Å². The number of carbonyl (C=O) groups is 1. The second kappa shape index (κ2) is 6.20. The highest BCUT2D eigenvalue weighted by atomic mass is 16.6. The first-order valence-electron chi connectivity index (χ1n) is 7.26. The summed E-state index contributed by atoms with van der Waals surface area (Å²) < 4.78 is 21.3. The van der Waals surface area contributed by atoms with E-state index in [1.54, 1.807) is 20.3 Å². The first-order chi connectivity index (χ1) is 11.2. The summed E-state index contributed by atoms with van der Waals surface area (Å²) in [7, 11) is 4.74. The van der Waals surface area contributed by atoms with Gasteiger partial charge in [0.05, 0.1) is 21.3 Å². The molecule has 0 saturated carbocycles. The lowest BCUT2D eigenvalue weighted by molar-refractivity contribution is 0.0385. The molecule has 0 aliphatic carbocycles. The van der Waals surface area contributed by atoms with E-state index < -0.39 is 0 Å². The molecule has 1 heterocycles. The number of methoxy groups -OCH3 is 3. The zero-order chi connectivity index (χ0) is 16.4. The highest BCUT2D eigenvalue weighted by Gasteiger charge is 2.35. The highest BCUT2D eigenvalue weighted by molar-refractivity contribution is 5.97. The van der Waals surface area contributed by atoms with Crippen LogP contribution >= 0.6 is 0 Å². The van der Waals surface area contributed by atoms with Gasteiger partial charge < -0.3 is 18.9 Å². The lowest BCUT2D eigenvalue weighted by atomic mass is 9.98. The van der Waals surface area contributed by atoms with Gasteiger partial charge in [0.15, 0.2) is 0 Å². The lowest BCUT2D eigenvalue weighted by Crippen LogP contribution is -2.02. The number of cyclic esters (lactones) is 1. The van der Waals surface area contributed by atoms with E-state index in [1.807, 2.05) is 30.3 Å². The van der Waals surface area contributed by atoms with Crippen molar-refractivity contribution in [1.29, 1.82) is 0 Å². The number of hydrogen-bond acceptors (Lipinski definition) is 5. The molecule has 0 spiro atoms. The van der Waals surface area contributed by atoms with Gasteiger partial charge in [-0.1, -0.05) is 12.1 Å². The molecule has 0 saturated heterocycles. The predicted octanol–water partition coefficient (Wildman–Crippen LogP) is 3.17. The number of carbonyl (C=O) groups excluding carboxylic acids is 1. The van der Waals surface area contributed by atoms with E-state index in [-0.39, 0.29) is 12.1 Å². The largest absolute Gasteiger partial charge is 0.497 e. The first kappa shape index (κ1) is 15.2. The Morgan fingerprint density at radius 1 is 0.957 bits per heavy atom. The fourth-order valence-corrected chi connectivity index (χ4v) is 2.74. The van der Waals surface area contributed by atoms with E-state index in [2.05, 4.69) is 0 Å². The maximum atomic E-state index is 12.2. The van der Waals surface area contributed by atoms with Crippen LogP contribution < -0.4 is 14.2 Å². The van der Waals surface area contributed by atoms with Crippen molar-refractivity contribution in [1.82, 2.24) is 0 Å². The second-order valence-electron chi connectivity index (χ2n) is 5.24. The Labute approximate surface area is 134 Å². The van der Waals surface area contributed by atoms with Gasteiger partial charge in [0.1, 0.15) is 28.9 Å². The Bertz CT molecular complexity index is 721. The third-order valence-electron chi connectivity index (χ3n) is 3.94. The summed E-state index contributed by atoms with van der Waals surface area (Å²) in [6, 6.07) is 11.2. The third kappa shape index (κ3) is 2.82. The van der Waals surface area contributed by atoms with Gasteiger partial charge in [0.25, 0.3) is 0 Å². The van der Waals surface area contributed by atoms with Crippen molar-refractivity contribution >= 4 is 5.97 Å². The van der Waals surface area contributed by atoms with E-state index in [0.717, 1.165) is 16.9 Å². The van der Waals surface area contributed by atoms with Gasteiger partial charge in [-0.25, -0.2) is 4.79 Å². The van der Waals surface area contributed by atoms with E-state index in [9.17, 15) is 4.79 Å². The molecule has 1 aliphatic rings. The molecular weight excluding hydrogens is 296 g/mol. The predicted molar refractivity (Wildman–Crippen MR) is 84.4 cm³/mol. The van der Waals surface area contributed by atoms with Crippen LogP contribution in [0.2, 0.25) is 0 Å². The van der Waals surface area contributed by atoms with Crippen LogP contribution in [0.15, 0.2) is 36.4 Å². The smallest absolute Gasteiger partial charge is 0.342 e. The molecule has 3 rings (SSSR count). The minimum atomic E-state index is -0.363. The van der Waals surface area contributed by atoms with Gasteiger partial charge >= 0.3 is 5.97 Å². The SMILES string of the molecule is COc1ccc(CC2OC(=O)c3c(OC)cc(OC)cc32)cc1. The monoisotopic (exact) mass is 314 g/mol. The molecule has 0 N–H and O–H groups in total. The molecule has 120 valence electrons. The summed E-state index contributed by atoms with van der Waals surface area (Å²) in [5, 5.41) is 0. The van der Waals surface area contributed by atoms with Crippen molar-refractivity contribution < 1.29 is 23.7 Å². The average Bonchev–Trinajstić information content (AvgIpc) is 2.90. The van der Waals surface area contributed by atoms with Gasteiger partial charge in [-0.2, -0.15) is 0 Å². The Hall–Kier alpha value is -2.69. The normalized spacial score (nSPS) is 15.8. The standard InChI is InChI=1S/C18H18O5/c1-20-12-6-4-11(5-7-12)8-15-14-9-13(21-2)10-16(22-3)17(14)18(19)23-15/h4-7,9-10,15H,8H2,1-3H3. The van der Waals surface area contributed by atoms with Crippen LogP contribution in [0.5, 0.6) is 17.2 Å². The minimum absolute atomic E-state index is 0.352. The third-order valence-corrected chi connectivity index (χ3v) is 3.94. The quantitative estimate of drug-likeness (QED) is 0.794. The molecule has 1 atom stereocenters. The zero-order valence-corrected chi connectivity index (χ0v) is 13.3. The maximum Gasteiger partial charge on any atom is 0.342 e. The van der Waals surface area contributed by atoms with Crippen LogP contribution in [0, 0.1) is 0 Å². The Balaban J connectivity index is 1.93. The summed E-state index contributed by atoms with van der Waals surface area (Å²) in [6.45, 7) is 0. The number of benzene rings is 2. The van der Waals surface area contributed by atoms with Crippen molar-refractivity contribution in [3.05, 3.63) is 53.1 Å². The van der Waals surface area contributed by atoms with E-state index in [4.69, 9.17) is 18.9 Å². The van der Waals surface area contributed by atoms with Crippen LogP contribution in [0.4, 0.5) is 0 Å². The van der Waals surface area contributed by atoms with Crippen LogP contribution in [-0.4, -0.2) is 27.3 Å². The van der Waals surface area contributed by atoms with Crippen molar-refractivity contribution in [3.8, 4) is 17.2 Å². The summed E-state index contributed by atoms with van der Waals surface area (Å²) in [5.41, 5.74) is 2.33. The number of hydrogen-bond donors (Lipinski definition) is 0. The molecule has 2 aromatic rings. The fraction of sp³-hybridized carbons (Fsp3) is 0.278. The summed E-state index contributed by atoms with van der Waals surface area (Å²) >= 11 is 0. The summed E-state index contributed by atoms with van der Waals surface area (Å²) in [4.78, 5) is 12.2. The molecule has 0 aromatic heterocycles. The number of esters is 1. The second-order valence-corrected chi connectivity index (χ2v) is 5.24. The average molecular weight is 314 g/mol. The highest BCUT2D eigenvalue weighted by Crippen LogP contribution is 2.41. The number of fused-ring (bicyclic) bond motifs is 1. The van der Waals surface area contributed by atoms with Crippen molar-refractivity contribution in [3.63, 3.8) is 0 Å². The van der Waals surface area contributed by atoms with Crippen molar-refractivity contribution in [2.75, 3.05) is 21.3 Å². The van der Waals surface area contributed by atoms with E-state index >= 15 is 0 Å². The molecule has 0 radical (unpaired) electrons. The van der Waals surface area contributed by atoms with Crippen LogP contribution in [0.1, 0.15) is 27.6 Å². The minimum Gasteiger partial charge on any atom is -0.497 e. The topological polar surface area (TPSA) is 54.0 Å². The molecule has 1 aliphatic heterocycles. The van der Waals surface area contributed by atoms with Crippen molar-refractivity contribution in [2.45, 2.75) is 12.5 Å². The molecule has 5 heteroatoms. The van der Waals surface area contributed by atoms with Gasteiger partial charge in [0, 0.05) is 18.1 Å². The fourth-order valence-electron chi connectivity index (χ4n) is 2.74. The van der Waals surface area contributed by atoms with E-state index in [1.165, 1.54) is 7.11 Å². The molecule has 0 bridgehead atoms. The molecular formula is C18H18O5. The van der Waals surface area contributed by atoms with Crippen LogP contribution in [0.25, 0.3) is 0 Å². The van der Waals surface area contributed by atoms with Crippen LogP contribution in [0.3, 0.4) is 0 Å². The Morgan fingerprint density at radius 2 is 1.65 bits per heavy atom. The lowest BCUT2D eigenvalue weighted by Gasteiger charge is -2.12. The Morgan fingerprint density at radius 3 is 2.26 bits per heavy atom. The summed E-state index contributed by atoms with van der Waals surface area (Å²) in [6.07, 6.45) is 0.230. The summed E-state index contributed by atoms with van der Waals surface area (Å²) in [5.74, 6) is 1.54. The van der Waals surface area contributed by atoms with E-state index in [0.29, 0.717) is 23.5 Å². The number of ether oxygens (including phenoxy) is 4. The van der Waals surface area contributed by atoms with Gasteiger partial charge in [-0.15, -0.1) is 0 Å². The molecule has 1 unspecified atom stereocenters. The van der Waals surface area contributed by atoms with Gasteiger partial charge in [-0.3, -0.25) is 0 Å². The molecule has 0 amide bonds. The Kier molecular flexibility index (Phi) is 4.10. The zero-order valence-electron chi connectivity index (χ0n) is 13.3. The first-order valence-corrected chi connectivity index (χ1v) is 7.26. The molecule has 2 aromatic carbocycles. The van der Waals surface area contributed by atoms with Gasteiger partial charge in [0.2, 0.25) is 0 Å². The molecule has 0 fully saturated rings. The molecule has 5 nitrogen and oxygen atoms in total. The van der Waals surface area contributed by atoms with Crippen molar-refractivity contribution in [2.24, 2.45) is 0 Å². The van der Waals surface area contributed by atoms with Gasteiger partial charge in [-0.05, 0) is 23.8 Å². The maximum absolute atomic E-state index is 12.2.